The van der Waals surface area contributed by atoms with Crippen molar-refractivity contribution in [2.75, 3.05) is 13.2 Å². The third-order valence-corrected chi connectivity index (χ3v) is 9.55. The molecule has 8 rings (SSSR count). The Hall–Kier alpha value is -3.46. The number of halogens is 1. The Morgan fingerprint density at radius 3 is 2.66 bits per heavy atom. The van der Waals surface area contributed by atoms with Crippen LogP contribution in [0.15, 0.2) is 58.8 Å². The number of nitrogens with one attached hydrogen (secondary N) is 1. The third kappa shape index (κ3) is 3.14. The summed E-state index contributed by atoms with van der Waals surface area (Å²) in [6.45, 7) is 1.38. The molecule has 0 radical (unpaired) electrons. The lowest BCUT2D eigenvalue weighted by atomic mass is 9.89. The lowest BCUT2D eigenvalue weighted by Gasteiger charge is -2.38. The molecule has 0 aliphatic carbocycles. The van der Waals surface area contributed by atoms with Gasteiger partial charge in [0, 0.05) is 41.0 Å². The van der Waals surface area contributed by atoms with Gasteiger partial charge in [0.2, 0.25) is 0 Å². The highest BCUT2D eigenvalue weighted by Crippen LogP contribution is 2.50. The highest BCUT2D eigenvalue weighted by atomic mass is 35.5. The summed E-state index contributed by atoms with van der Waals surface area (Å²) in [5.41, 5.74) is 5.73. The molecule has 1 amide bonds. The van der Waals surface area contributed by atoms with Gasteiger partial charge in [0.25, 0.3) is 11.5 Å². The number of carbonyl (C=O) groups is 1. The number of benzene rings is 2. The zero-order valence-corrected chi connectivity index (χ0v) is 21.9. The summed E-state index contributed by atoms with van der Waals surface area (Å²) in [5.74, 6) is 1.10. The van der Waals surface area contributed by atoms with Crippen LogP contribution < -0.4 is 5.56 Å². The van der Waals surface area contributed by atoms with Gasteiger partial charge in [0.1, 0.15) is 11.3 Å². The Balaban J connectivity index is 1.34. The molecule has 3 aromatic heterocycles. The normalized spacial score (nSPS) is 21.2. The molecular formula is C29H23ClN4O3S. The first-order valence-electron chi connectivity index (χ1n) is 12.9. The maximum absolute atomic E-state index is 14.0. The van der Waals surface area contributed by atoms with Gasteiger partial charge in [-0.05, 0) is 65.2 Å². The lowest BCUT2D eigenvalue weighted by Crippen LogP contribution is -2.37. The van der Waals surface area contributed by atoms with Crippen molar-refractivity contribution in [2.45, 2.75) is 37.3 Å². The van der Waals surface area contributed by atoms with E-state index in [1.54, 1.807) is 17.5 Å². The van der Waals surface area contributed by atoms with Crippen molar-refractivity contribution < 1.29 is 9.53 Å². The largest absolute Gasteiger partial charge is 0.381 e. The van der Waals surface area contributed by atoms with Crippen molar-refractivity contribution >= 4 is 45.4 Å². The molecule has 3 aliphatic rings. The van der Waals surface area contributed by atoms with Crippen molar-refractivity contribution in [3.63, 3.8) is 0 Å². The number of aromatic nitrogens is 3. The monoisotopic (exact) mass is 542 g/mol. The molecule has 0 spiro atoms. The average Bonchev–Trinajstić information content (AvgIpc) is 3.65. The lowest BCUT2D eigenvalue weighted by molar-refractivity contribution is 0.0643. The van der Waals surface area contributed by atoms with Crippen LogP contribution in [-0.4, -0.2) is 38.4 Å². The second-order valence-corrected chi connectivity index (χ2v) is 11.8. The molecule has 9 heteroatoms. The highest BCUT2D eigenvalue weighted by molar-refractivity contribution is 7.10. The Labute approximate surface area is 226 Å². The molecule has 1 fully saturated rings. The molecule has 1 saturated heterocycles. The van der Waals surface area contributed by atoms with Crippen LogP contribution in [0.3, 0.4) is 0 Å². The predicted molar refractivity (Wildman–Crippen MR) is 146 cm³/mol. The Kier molecular flexibility index (Phi) is 4.90. The number of imidazole rings is 1. The van der Waals surface area contributed by atoms with Crippen molar-refractivity contribution in [1.29, 1.82) is 0 Å². The van der Waals surface area contributed by atoms with Crippen molar-refractivity contribution in [3.05, 3.63) is 102 Å². The molecule has 7 nitrogen and oxygen atoms in total. The first-order valence-corrected chi connectivity index (χ1v) is 14.1. The summed E-state index contributed by atoms with van der Waals surface area (Å²) in [6, 6.07) is 13.6. The van der Waals surface area contributed by atoms with E-state index >= 15 is 0 Å². The average molecular weight is 543 g/mol. The minimum Gasteiger partial charge on any atom is -0.381 e. The predicted octanol–water partition coefficient (Wildman–Crippen LogP) is 5.63. The van der Waals surface area contributed by atoms with Crippen LogP contribution >= 0.6 is 22.9 Å². The van der Waals surface area contributed by atoms with E-state index in [0.29, 0.717) is 34.8 Å². The standard InChI is InChI=1S/C29H23ClN4O3S/c30-17-3-1-15(2-4-17)26-18-7-10-38-25(18)13-22-19-12-23-21(11-20(19)29(36)34(22)26)32-28(35)24-14-31-27(33(23)24)16-5-8-37-9-6-16/h1-4,7,10-12,14,16,22,26H,5-6,8-9,13H2,(H,32,35). The molecule has 190 valence electrons. The molecule has 2 aromatic carbocycles. The Morgan fingerprint density at radius 2 is 1.84 bits per heavy atom. The fourth-order valence-electron chi connectivity index (χ4n) is 6.57. The summed E-state index contributed by atoms with van der Waals surface area (Å²) >= 11 is 7.94. The van der Waals surface area contributed by atoms with Crippen LogP contribution in [0.4, 0.5) is 0 Å². The maximum atomic E-state index is 14.0. The number of nitrogens with zero attached hydrogens (tertiary/aromatic N) is 3. The number of rotatable bonds is 2. The first kappa shape index (κ1) is 22.5. The molecule has 0 saturated carbocycles. The van der Waals surface area contributed by atoms with Crippen molar-refractivity contribution in [3.8, 4) is 0 Å². The number of aromatic amines is 1. The molecule has 0 bridgehead atoms. The fourth-order valence-corrected chi connectivity index (χ4v) is 7.64. The van der Waals surface area contributed by atoms with Gasteiger partial charge in [-0.1, -0.05) is 23.7 Å². The van der Waals surface area contributed by atoms with Gasteiger partial charge in [-0.3, -0.25) is 14.0 Å². The van der Waals surface area contributed by atoms with Crippen LogP contribution in [0.1, 0.15) is 68.6 Å². The zero-order valence-electron chi connectivity index (χ0n) is 20.3. The molecule has 2 unspecified atom stereocenters. The van der Waals surface area contributed by atoms with Crippen molar-refractivity contribution in [1.82, 2.24) is 19.3 Å². The molecule has 38 heavy (non-hydrogen) atoms. The second kappa shape index (κ2) is 8.27. The summed E-state index contributed by atoms with van der Waals surface area (Å²) in [4.78, 5) is 38.1. The molecule has 6 heterocycles. The number of hydrogen-bond donors (Lipinski definition) is 1. The summed E-state index contributed by atoms with van der Waals surface area (Å²) in [6.07, 6.45) is 4.18. The van der Waals surface area contributed by atoms with Gasteiger partial charge in [0.05, 0.1) is 29.3 Å². The van der Waals surface area contributed by atoms with Gasteiger partial charge in [-0.15, -0.1) is 11.3 Å². The number of H-pyrrole nitrogens is 1. The van der Waals surface area contributed by atoms with E-state index in [1.807, 2.05) is 39.6 Å². The molecule has 2 atom stereocenters. The maximum Gasteiger partial charge on any atom is 0.274 e. The van der Waals surface area contributed by atoms with Crippen LogP contribution in [0.2, 0.25) is 5.02 Å². The molecule has 3 aliphatic heterocycles. The van der Waals surface area contributed by atoms with Crippen LogP contribution in [0, 0.1) is 0 Å². The number of thiophene rings is 1. The van der Waals surface area contributed by atoms with Gasteiger partial charge in [-0.25, -0.2) is 4.98 Å². The smallest absolute Gasteiger partial charge is 0.274 e. The first-order chi connectivity index (χ1) is 18.6. The van der Waals surface area contributed by atoms with E-state index in [9.17, 15) is 9.59 Å². The second-order valence-electron chi connectivity index (χ2n) is 10.3. The number of hydrogen-bond acceptors (Lipinski definition) is 5. The van der Waals surface area contributed by atoms with Gasteiger partial charge >= 0.3 is 0 Å². The summed E-state index contributed by atoms with van der Waals surface area (Å²) in [5, 5.41) is 2.78. The third-order valence-electron chi connectivity index (χ3n) is 8.34. The van der Waals surface area contributed by atoms with Crippen LogP contribution in [0.25, 0.3) is 16.6 Å². The van der Waals surface area contributed by atoms with E-state index in [2.05, 4.69) is 22.5 Å². The minimum atomic E-state index is -0.201. The zero-order chi connectivity index (χ0) is 25.5. The van der Waals surface area contributed by atoms with E-state index in [0.717, 1.165) is 41.7 Å². The van der Waals surface area contributed by atoms with Crippen molar-refractivity contribution in [2.24, 2.45) is 0 Å². The topological polar surface area (TPSA) is 79.7 Å². The summed E-state index contributed by atoms with van der Waals surface area (Å²) < 4.78 is 7.58. The molecule has 1 N–H and O–H groups in total. The van der Waals surface area contributed by atoms with Gasteiger partial charge < -0.3 is 14.6 Å². The fraction of sp³-hybridized carbons (Fsp3) is 0.276. The Bertz CT molecular complexity index is 1820. The van der Waals surface area contributed by atoms with E-state index in [4.69, 9.17) is 21.3 Å². The number of ether oxygens (including phenoxy) is 1. The van der Waals surface area contributed by atoms with Crippen LogP contribution in [0.5, 0.6) is 0 Å². The highest BCUT2D eigenvalue weighted by Gasteiger charge is 2.46. The molecule has 5 aromatic rings. The SMILES string of the molecule is O=C1c2cc3[nH]c(=O)c4cnc(C5CCOCC5)n4c3cc2C2Cc3sccc3C(c3ccc(Cl)cc3)N12. The minimum absolute atomic E-state index is 0.0140. The van der Waals surface area contributed by atoms with Crippen LogP contribution in [-0.2, 0) is 11.2 Å². The van der Waals surface area contributed by atoms with Gasteiger partial charge in [0.15, 0.2) is 0 Å². The number of fused-ring (bicyclic) bond motifs is 7. The quantitative estimate of drug-likeness (QED) is 0.314. The van der Waals surface area contributed by atoms with E-state index < -0.39 is 0 Å². The number of carbonyl (C=O) groups excluding carboxylic acids is 1. The van der Waals surface area contributed by atoms with Gasteiger partial charge in [-0.2, -0.15) is 0 Å². The van der Waals surface area contributed by atoms with E-state index in [1.165, 1.54) is 10.4 Å². The molecular weight excluding hydrogens is 520 g/mol. The summed E-state index contributed by atoms with van der Waals surface area (Å²) in [7, 11) is 0. The van der Waals surface area contributed by atoms with E-state index in [-0.39, 0.29) is 29.5 Å². The Morgan fingerprint density at radius 1 is 1.03 bits per heavy atom. The number of amides is 1.